The van der Waals surface area contributed by atoms with E-state index in [0.717, 1.165) is 21.7 Å². The minimum Gasteiger partial charge on any atom is -0.497 e. The number of aromatic nitrogens is 2. The lowest BCUT2D eigenvalue weighted by Crippen LogP contribution is -2.07. The number of hydrogen-bond acceptors (Lipinski definition) is 7. The standard InChI is InChI=1S/C23H20N4O3S/c1-3-6-20(28)24-15-7-5-10-18(14-15)30-22-21-19(11-12-31-21)26-23(27-22)25-16-8-4-9-17(13-16)29-2/h3-14H,1-2H3,(H,24,28)(H,25,26,27)/b6-3+. The molecule has 4 rings (SSSR count). The van der Waals surface area contributed by atoms with E-state index in [1.54, 1.807) is 32.2 Å². The lowest BCUT2D eigenvalue weighted by atomic mass is 10.3. The number of carbonyl (C=O) groups excluding carboxylic acids is 1. The second-order valence-corrected chi connectivity index (χ2v) is 7.38. The molecule has 0 fully saturated rings. The first-order chi connectivity index (χ1) is 15.1. The fourth-order valence-corrected chi connectivity index (χ4v) is 3.63. The minimum atomic E-state index is -0.202. The molecule has 2 heterocycles. The normalized spacial score (nSPS) is 10.9. The summed E-state index contributed by atoms with van der Waals surface area (Å²) < 4.78 is 12.2. The molecule has 156 valence electrons. The van der Waals surface area contributed by atoms with Gasteiger partial charge in [-0.2, -0.15) is 4.98 Å². The Kier molecular flexibility index (Phi) is 6.09. The Bertz CT molecular complexity index is 1250. The predicted octanol–water partition coefficient (Wildman–Crippen LogP) is 5.75. The first kappa shape index (κ1) is 20.4. The Balaban J connectivity index is 1.62. The molecule has 0 aliphatic carbocycles. The molecule has 0 unspecified atom stereocenters. The van der Waals surface area contributed by atoms with Crippen molar-refractivity contribution in [2.45, 2.75) is 6.92 Å². The second-order valence-electron chi connectivity index (χ2n) is 6.46. The van der Waals surface area contributed by atoms with Crippen molar-refractivity contribution in [2.75, 3.05) is 17.7 Å². The molecule has 8 heteroatoms. The van der Waals surface area contributed by atoms with Crippen LogP contribution >= 0.6 is 11.3 Å². The summed E-state index contributed by atoms with van der Waals surface area (Å²) in [7, 11) is 1.62. The number of hydrogen-bond donors (Lipinski definition) is 2. The summed E-state index contributed by atoms with van der Waals surface area (Å²) in [6.07, 6.45) is 3.14. The van der Waals surface area contributed by atoms with Gasteiger partial charge in [-0.25, -0.2) is 4.98 Å². The zero-order valence-corrected chi connectivity index (χ0v) is 17.8. The summed E-state index contributed by atoms with van der Waals surface area (Å²) in [5.41, 5.74) is 2.21. The van der Waals surface area contributed by atoms with Crippen LogP contribution < -0.4 is 20.1 Å². The molecule has 2 aromatic heterocycles. The van der Waals surface area contributed by atoms with Crippen LogP contribution in [0.25, 0.3) is 10.2 Å². The van der Waals surface area contributed by atoms with E-state index < -0.39 is 0 Å². The third kappa shape index (κ3) is 4.99. The highest BCUT2D eigenvalue weighted by atomic mass is 32.1. The molecular formula is C23H20N4O3S. The van der Waals surface area contributed by atoms with Gasteiger partial charge >= 0.3 is 0 Å². The predicted molar refractivity (Wildman–Crippen MR) is 124 cm³/mol. The van der Waals surface area contributed by atoms with Crippen molar-refractivity contribution in [3.8, 4) is 17.4 Å². The highest BCUT2D eigenvalue weighted by molar-refractivity contribution is 7.17. The maximum absolute atomic E-state index is 11.8. The van der Waals surface area contributed by atoms with E-state index in [2.05, 4.69) is 20.6 Å². The van der Waals surface area contributed by atoms with Gasteiger partial charge in [-0.05, 0) is 48.7 Å². The molecule has 0 saturated carbocycles. The highest BCUT2D eigenvalue weighted by Crippen LogP contribution is 2.34. The maximum atomic E-state index is 11.8. The summed E-state index contributed by atoms with van der Waals surface area (Å²) in [4.78, 5) is 20.9. The molecule has 0 spiro atoms. The van der Waals surface area contributed by atoms with E-state index in [-0.39, 0.29) is 5.91 Å². The van der Waals surface area contributed by atoms with Gasteiger partial charge in [0.15, 0.2) is 0 Å². The van der Waals surface area contributed by atoms with Crippen molar-refractivity contribution in [3.05, 3.63) is 72.1 Å². The topological polar surface area (TPSA) is 85.4 Å². The highest BCUT2D eigenvalue weighted by Gasteiger charge is 2.12. The van der Waals surface area contributed by atoms with Gasteiger partial charge in [0.1, 0.15) is 16.2 Å². The molecule has 0 aliphatic rings. The van der Waals surface area contributed by atoms with Gasteiger partial charge < -0.3 is 20.1 Å². The number of rotatable bonds is 7. The van der Waals surface area contributed by atoms with E-state index >= 15 is 0 Å². The quantitative estimate of drug-likeness (QED) is 0.362. The number of carbonyl (C=O) groups is 1. The van der Waals surface area contributed by atoms with E-state index in [4.69, 9.17) is 9.47 Å². The van der Waals surface area contributed by atoms with E-state index in [9.17, 15) is 4.79 Å². The zero-order valence-electron chi connectivity index (χ0n) is 17.0. The number of benzene rings is 2. The number of methoxy groups -OCH3 is 1. The molecule has 1 amide bonds. The van der Waals surface area contributed by atoms with Crippen LogP contribution in [-0.4, -0.2) is 23.0 Å². The minimum absolute atomic E-state index is 0.202. The lowest BCUT2D eigenvalue weighted by molar-refractivity contribution is -0.111. The average Bonchev–Trinajstić information content (AvgIpc) is 3.23. The second kappa shape index (κ2) is 9.27. The Hall–Kier alpha value is -3.91. The Labute approximate surface area is 183 Å². The summed E-state index contributed by atoms with van der Waals surface area (Å²) >= 11 is 1.50. The molecule has 31 heavy (non-hydrogen) atoms. The maximum Gasteiger partial charge on any atom is 0.248 e. The van der Waals surface area contributed by atoms with Gasteiger partial charge in [0.05, 0.1) is 12.6 Å². The Morgan fingerprint density at radius 3 is 2.61 bits per heavy atom. The van der Waals surface area contributed by atoms with Crippen LogP contribution in [0.4, 0.5) is 17.3 Å². The van der Waals surface area contributed by atoms with Crippen LogP contribution in [-0.2, 0) is 4.79 Å². The fraction of sp³-hybridized carbons (Fsp3) is 0.0870. The number of nitrogens with zero attached hydrogens (tertiary/aromatic N) is 2. The largest absolute Gasteiger partial charge is 0.497 e. The number of ether oxygens (including phenoxy) is 2. The van der Waals surface area contributed by atoms with Crippen molar-refractivity contribution in [2.24, 2.45) is 0 Å². The third-order valence-electron chi connectivity index (χ3n) is 4.23. The Morgan fingerprint density at radius 2 is 1.81 bits per heavy atom. The van der Waals surface area contributed by atoms with Crippen LogP contribution in [0.3, 0.4) is 0 Å². The third-order valence-corrected chi connectivity index (χ3v) is 5.12. The summed E-state index contributed by atoms with van der Waals surface area (Å²) in [5, 5.41) is 7.93. The smallest absolute Gasteiger partial charge is 0.248 e. The van der Waals surface area contributed by atoms with Crippen molar-refractivity contribution >= 4 is 44.8 Å². The number of amides is 1. The molecule has 7 nitrogen and oxygen atoms in total. The molecule has 0 atom stereocenters. The van der Waals surface area contributed by atoms with Crippen LogP contribution in [0.15, 0.2) is 72.1 Å². The van der Waals surface area contributed by atoms with Crippen molar-refractivity contribution < 1.29 is 14.3 Å². The van der Waals surface area contributed by atoms with Crippen molar-refractivity contribution in [1.82, 2.24) is 9.97 Å². The molecule has 0 radical (unpaired) electrons. The molecular weight excluding hydrogens is 412 g/mol. The average molecular weight is 433 g/mol. The number of fused-ring (bicyclic) bond motifs is 1. The van der Waals surface area contributed by atoms with Crippen LogP contribution in [0, 0.1) is 0 Å². The summed E-state index contributed by atoms with van der Waals surface area (Å²) in [6, 6.07) is 16.6. The van der Waals surface area contributed by atoms with Crippen molar-refractivity contribution in [3.63, 3.8) is 0 Å². The molecule has 0 bridgehead atoms. The number of nitrogens with one attached hydrogen (secondary N) is 2. The SMILES string of the molecule is C/C=C/C(=O)Nc1cccc(Oc2nc(Nc3cccc(OC)c3)nc3ccsc23)c1. The molecule has 0 saturated heterocycles. The summed E-state index contributed by atoms with van der Waals surface area (Å²) in [6.45, 7) is 1.79. The van der Waals surface area contributed by atoms with Gasteiger partial charge in [-0.1, -0.05) is 18.2 Å². The summed E-state index contributed by atoms with van der Waals surface area (Å²) in [5.74, 6) is 1.93. The first-order valence-electron chi connectivity index (χ1n) is 9.52. The molecule has 0 aliphatic heterocycles. The van der Waals surface area contributed by atoms with E-state index in [1.807, 2.05) is 47.8 Å². The van der Waals surface area contributed by atoms with Crippen LogP contribution in [0.5, 0.6) is 17.4 Å². The number of allylic oxidation sites excluding steroid dienone is 1. The number of anilines is 3. The van der Waals surface area contributed by atoms with Gasteiger partial charge in [-0.3, -0.25) is 4.79 Å². The van der Waals surface area contributed by atoms with Gasteiger partial charge in [0, 0.05) is 23.5 Å². The van der Waals surface area contributed by atoms with E-state index in [0.29, 0.717) is 23.3 Å². The van der Waals surface area contributed by atoms with Crippen LogP contribution in [0.1, 0.15) is 6.92 Å². The van der Waals surface area contributed by atoms with Crippen LogP contribution in [0.2, 0.25) is 0 Å². The molecule has 2 N–H and O–H groups in total. The lowest BCUT2D eigenvalue weighted by Gasteiger charge is -2.11. The molecule has 4 aromatic rings. The zero-order chi connectivity index (χ0) is 21.6. The number of thiophene rings is 1. The van der Waals surface area contributed by atoms with E-state index in [1.165, 1.54) is 17.4 Å². The monoisotopic (exact) mass is 432 g/mol. The fourth-order valence-electron chi connectivity index (χ4n) is 2.88. The molecule has 2 aromatic carbocycles. The van der Waals surface area contributed by atoms with Gasteiger partial charge in [0.25, 0.3) is 0 Å². The van der Waals surface area contributed by atoms with Crippen molar-refractivity contribution in [1.29, 1.82) is 0 Å². The van der Waals surface area contributed by atoms with Gasteiger partial charge in [0.2, 0.25) is 17.7 Å². The van der Waals surface area contributed by atoms with Gasteiger partial charge in [-0.15, -0.1) is 11.3 Å². The Morgan fingerprint density at radius 1 is 1.03 bits per heavy atom. The first-order valence-corrected chi connectivity index (χ1v) is 10.4.